The molecule has 41 heavy (non-hydrogen) atoms. The smallest absolute Gasteiger partial charge is 0.259 e. The third-order valence-corrected chi connectivity index (χ3v) is 6.56. The number of hydrogen-bond donors (Lipinski definition) is 5. The number of rotatable bonds is 9. The molecule has 11 heteroatoms. The highest BCUT2D eigenvalue weighted by Gasteiger charge is 2.44. The van der Waals surface area contributed by atoms with Crippen LogP contribution in [0.5, 0.6) is 5.75 Å². The molecule has 212 valence electrons. The first-order valence-corrected chi connectivity index (χ1v) is 12.9. The molecule has 5 rings (SSSR count). The number of nitrogens with zero attached hydrogens (tertiary/aromatic N) is 2. The first kappa shape index (κ1) is 28.3. The van der Waals surface area contributed by atoms with Crippen LogP contribution in [0.1, 0.15) is 10.4 Å². The van der Waals surface area contributed by atoms with Gasteiger partial charge in [-0.1, -0.05) is 60.7 Å². The zero-order valence-corrected chi connectivity index (χ0v) is 21.8. The third kappa shape index (κ3) is 6.41. The number of nitrogens with one attached hydrogen (secondary N) is 1. The predicted octanol–water partition coefficient (Wildman–Crippen LogP) is 3.66. The number of ether oxygens (including phenoxy) is 3. The summed E-state index contributed by atoms with van der Waals surface area (Å²) >= 11 is 0. The Morgan fingerprint density at radius 2 is 1.54 bits per heavy atom. The maximum Gasteiger partial charge on any atom is 0.259 e. The molecule has 11 nitrogen and oxygen atoms in total. The van der Waals surface area contributed by atoms with Gasteiger partial charge in [0, 0.05) is 11.1 Å². The Morgan fingerprint density at radius 3 is 2.27 bits per heavy atom. The molecular formula is C30H29N3O8. The van der Waals surface area contributed by atoms with Crippen LogP contribution in [0.25, 0.3) is 10.8 Å². The van der Waals surface area contributed by atoms with E-state index in [0.29, 0.717) is 16.8 Å². The standard InChI is InChI=1S/C30H29N3O8/c34-16-23-25(35)26(36)27(37)30(41-23)40-17-39-28-22(29(38)31-19-10-3-1-4-11-19)15-18-9-7-8-14-21(18)24(28)33-32-20-12-5-2-6-13-20/h1-15,23,25-27,30,34-37H,16-17H2,(H,31,38)/b33-32+/t23?,25-,26?,27-,30+/m1/s1. The molecule has 1 fully saturated rings. The molecule has 0 spiro atoms. The first-order chi connectivity index (χ1) is 20.0. The number of azo groups is 1. The molecule has 1 aliphatic rings. The third-order valence-electron chi connectivity index (χ3n) is 6.56. The second kappa shape index (κ2) is 13.0. The number of amides is 1. The van der Waals surface area contributed by atoms with Crippen molar-refractivity contribution in [1.29, 1.82) is 0 Å². The van der Waals surface area contributed by atoms with E-state index < -0.39 is 50.0 Å². The van der Waals surface area contributed by atoms with Crippen LogP contribution in [-0.2, 0) is 9.47 Å². The maximum absolute atomic E-state index is 13.5. The van der Waals surface area contributed by atoms with Crippen LogP contribution in [0.2, 0.25) is 0 Å². The Morgan fingerprint density at radius 1 is 0.854 bits per heavy atom. The summed E-state index contributed by atoms with van der Waals surface area (Å²) in [6.07, 6.45) is -7.35. The normalized spacial score (nSPS) is 22.6. The van der Waals surface area contributed by atoms with Crippen molar-refractivity contribution in [2.24, 2.45) is 10.2 Å². The zero-order valence-electron chi connectivity index (χ0n) is 21.8. The largest absolute Gasteiger partial charge is 0.464 e. The number of anilines is 1. The van der Waals surface area contributed by atoms with Gasteiger partial charge in [0.2, 0.25) is 0 Å². The summed E-state index contributed by atoms with van der Waals surface area (Å²) in [7, 11) is 0. The van der Waals surface area contributed by atoms with E-state index in [9.17, 15) is 25.2 Å². The minimum Gasteiger partial charge on any atom is -0.464 e. The summed E-state index contributed by atoms with van der Waals surface area (Å²) in [6.45, 7) is -1.15. The summed E-state index contributed by atoms with van der Waals surface area (Å²) in [6, 6.07) is 26.9. The van der Waals surface area contributed by atoms with E-state index in [4.69, 9.17) is 14.2 Å². The van der Waals surface area contributed by atoms with Gasteiger partial charge >= 0.3 is 0 Å². The summed E-state index contributed by atoms with van der Waals surface area (Å²) in [4.78, 5) is 13.5. The number of benzene rings is 4. The molecular weight excluding hydrogens is 530 g/mol. The Kier molecular flexibility index (Phi) is 8.95. The van der Waals surface area contributed by atoms with Crippen LogP contribution >= 0.6 is 0 Å². The van der Waals surface area contributed by atoms with Crippen LogP contribution in [0.4, 0.5) is 17.1 Å². The lowest BCUT2D eigenvalue weighted by molar-refractivity contribution is -0.310. The molecule has 1 amide bonds. The molecule has 1 saturated heterocycles. The van der Waals surface area contributed by atoms with Crippen molar-refractivity contribution in [3.63, 3.8) is 0 Å². The Balaban J connectivity index is 1.51. The van der Waals surface area contributed by atoms with Crippen molar-refractivity contribution in [3.05, 3.63) is 96.6 Å². The lowest BCUT2D eigenvalue weighted by Crippen LogP contribution is -2.59. The number of hydrogen-bond acceptors (Lipinski definition) is 10. The highest BCUT2D eigenvalue weighted by atomic mass is 16.8. The van der Waals surface area contributed by atoms with Crippen LogP contribution in [0, 0.1) is 0 Å². The molecule has 2 unspecified atom stereocenters. The summed E-state index contributed by atoms with van der Waals surface area (Å²) in [5.41, 5.74) is 1.57. The molecule has 4 aromatic carbocycles. The van der Waals surface area contributed by atoms with Gasteiger partial charge in [-0.25, -0.2) is 0 Å². The average molecular weight is 560 g/mol. The van der Waals surface area contributed by atoms with Crippen molar-refractivity contribution >= 4 is 33.7 Å². The van der Waals surface area contributed by atoms with Crippen molar-refractivity contribution < 1.29 is 39.4 Å². The molecule has 1 heterocycles. The van der Waals surface area contributed by atoms with Gasteiger partial charge in [-0.15, -0.1) is 5.11 Å². The van der Waals surface area contributed by atoms with Gasteiger partial charge in [0.15, 0.2) is 18.8 Å². The second-order valence-corrected chi connectivity index (χ2v) is 9.30. The minimum atomic E-state index is -1.62. The Hall–Kier alpha value is -4.23. The van der Waals surface area contributed by atoms with E-state index in [-0.39, 0.29) is 17.0 Å². The van der Waals surface area contributed by atoms with Crippen LogP contribution in [-0.4, -0.2) is 70.4 Å². The van der Waals surface area contributed by atoms with Gasteiger partial charge < -0.3 is 40.0 Å². The quantitative estimate of drug-likeness (QED) is 0.153. The summed E-state index contributed by atoms with van der Waals surface area (Å²) in [5.74, 6) is -0.414. The fraction of sp³-hybridized carbons (Fsp3) is 0.233. The monoisotopic (exact) mass is 559 g/mol. The second-order valence-electron chi connectivity index (χ2n) is 9.30. The fourth-order valence-electron chi connectivity index (χ4n) is 4.41. The topological polar surface area (TPSA) is 162 Å². The lowest BCUT2D eigenvalue weighted by Gasteiger charge is -2.39. The fourth-order valence-corrected chi connectivity index (χ4v) is 4.41. The highest BCUT2D eigenvalue weighted by Crippen LogP contribution is 2.41. The van der Waals surface area contributed by atoms with E-state index in [0.717, 1.165) is 5.39 Å². The number of carbonyl (C=O) groups excluding carboxylic acids is 1. The highest BCUT2D eigenvalue weighted by molar-refractivity contribution is 6.11. The average Bonchev–Trinajstić information content (AvgIpc) is 3.01. The molecule has 0 saturated carbocycles. The van der Waals surface area contributed by atoms with E-state index in [1.165, 1.54) is 0 Å². The van der Waals surface area contributed by atoms with Gasteiger partial charge in [-0.3, -0.25) is 4.79 Å². The Labute approximate surface area is 235 Å². The van der Waals surface area contributed by atoms with Crippen LogP contribution < -0.4 is 10.1 Å². The van der Waals surface area contributed by atoms with E-state index in [2.05, 4.69) is 15.5 Å². The zero-order chi connectivity index (χ0) is 28.8. The SMILES string of the molecule is O=C(Nc1ccccc1)c1cc2ccccc2c(/N=N/c2ccccc2)c1OCO[C@H]1OC(CO)[C@@H](O)C(O)[C@H]1O. The Bertz CT molecular complexity index is 1500. The summed E-state index contributed by atoms with van der Waals surface area (Å²) in [5, 5.41) is 53.0. The molecule has 1 aliphatic heterocycles. The lowest BCUT2D eigenvalue weighted by atomic mass is 9.99. The van der Waals surface area contributed by atoms with Gasteiger partial charge in [0.05, 0.1) is 17.9 Å². The van der Waals surface area contributed by atoms with Gasteiger partial charge in [-0.2, -0.15) is 5.11 Å². The molecule has 0 aliphatic carbocycles. The maximum atomic E-state index is 13.5. The van der Waals surface area contributed by atoms with Crippen molar-refractivity contribution in [3.8, 4) is 5.75 Å². The number of para-hydroxylation sites is 1. The van der Waals surface area contributed by atoms with Crippen molar-refractivity contribution in [1.82, 2.24) is 0 Å². The molecule has 0 radical (unpaired) electrons. The van der Waals surface area contributed by atoms with Crippen molar-refractivity contribution in [2.45, 2.75) is 30.7 Å². The molecule has 5 atom stereocenters. The van der Waals surface area contributed by atoms with E-state index in [1.807, 2.05) is 48.5 Å². The number of aliphatic hydroxyl groups excluding tert-OH is 4. The van der Waals surface area contributed by atoms with Gasteiger partial charge in [-0.05, 0) is 35.7 Å². The number of carbonyl (C=O) groups is 1. The van der Waals surface area contributed by atoms with Crippen LogP contribution in [0.15, 0.2) is 101 Å². The number of aliphatic hydroxyl groups is 4. The molecule has 0 aromatic heterocycles. The number of fused-ring (bicyclic) bond motifs is 1. The molecule has 5 N–H and O–H groups in total. The molecule has 0 bridgehead atoms. The summed E-state index contributed by atoms with van der Waals surface area (Å²) < 4.78 is 16.9. The van der Waals surface area contributed by atoms with Crippen LogP contribution in [0.3, 0.4) is 0 Å². The van der Waals surface area contributed by atoms with Crippen molar-refractivity contribution in [2.75, 3.05) is 18.7 Å². The first-order valence-electron chi connectivity index (χ1n) is 12.9. The van der Waals surface area contributed by atoms with E-state index >= 15 is 0 Å². The minimum absolute atomic E-state index is 0.0569. The predicted molar refractivity (Wildman–Crippen MR) is 149 cm³/mol. The van der Waals surface area contributed by atoms with E-state index in [1.54, 1.807) is 42.5 Å². The molecule has 4 aromatic rings. The van der Waals surface area contributed by atoms with Gasteiger partial charge in [0.1, 0.15) is 30.1 Å². The van der Waals surface area contributed by atoms with Gasteiger partial charge in [0.25, 0.3) is 5.91 Å².